The Morgan fingerprint density at radius 2 is 2.03 bits per heavy atom. The number of rotatable bonds is 3. The van der Waals surface area contributed by atoms with E-state index in [1.165, 1.54) is 22.9 Å². The van der Waals surface area contributed by atoms with Gasteiger partial charge in [0, 0.05) is 43.3 Å². The van der Waals surface area contributed by atoms with Crippen LogP contribution in [0.4, 0.5) is 14.5 Å². The Kier molecular flexibility index (Phi) is 4.82. The van der Waals surface area contributed by atoms with Gasteiger partial charge in [0.25, 0.3) is 5.91 Å². The van der Waals surface area contributed by atoms with Crippen LogP contribution < -0.4 is 10.6 Å². The molecule has 0 bridgehead atoms. The zero-order valence-corrected chi connectivity index (χ0v) is 16.8. The first-order valence-electron chi connectivity index (χ1n) is 10.1. The molecular weight excluding hydrogens is 402 g/mol. The predicted molar refractivity (Wildman–Crippen MR) is 113 cm³/mol. The Hall–Kier alpha value is -3.46. The highest BCUT2D eigenvalue weighted by molar-refractivity contribution is 6.11. The number of hydrogen-bond acceptors (Lipinski definition) is 5. The SMILES string of the molecule is Cc1cn2cc(NC(=O)c3ccc([C@H]4CCNC[C@H]4F)c4nccnc34)cc(F)c2n1. The lowest BCUT2D eigenvalue weighted by Gasteiger charge is -2.27. The average Bonchev–Trinajstić information content (AvgIpc) is 3.14. The van der Waals surface area contributed by atoms with Gasteiger partial charge in [-0.1, -0.05) is 6.07 Å². The van der Waals surface area contributed by atoms with Crippen LogP contribution in [0.5, 0.6) is 0 Å². The molecule has 1 fully saturated rings. The number of piperidine rings is 1. The Bertz CT molecular complexity index is 1300. The zero-order chi connectivity index (χ0) is 21.5. The van der Waals surface area contributed by atoms with Gasteiger partial charge in [0.2, 0.25) is 0 Å². The molecule has 4 aromatic rings. The fraction of sp³-hybridized carbons (Fsp3) is 0.273. The second kappa shape index (κ2) is 7.66. The van der Waals surface area contributed by atoms with Crippen LogP contribution in [-0.4, -0.2) is 44.5 Å². The largest absolute Gasteiger partial charge is 0.320 e. The molecule has 0 unspecified atom stereocenters. The fourth-order valence-electron chi connectivity index (χ4n) is 4.18. The van der Waals surface area contributed by atoms with Crippen molar-refractivity contribution in [2.75, 3.05) is 18.4 Å². The quantitative estimate of drug-likeness (QED) is 0.529. The van der Waals surface area contributed by atoms with Crippen molar-refractivity contribution >= 4 is 28.3 Å². The summed E-state index contributed by atoms with van der Waals surface area (Å²) in [6.07, 6.45) is 5.91. The molecule has 0 radical (unpaired) electrons. The summed E-state index contributed by atoms with van der Waals surface area (Å²) in [6, 6.07) is 4.61. The van der Waals surface area contributed by atoms with Gasteiger partial charge in [-0.25, -0.2) is 13.8 Å². The molecule has 0 aliphatic carbocycles. The van der Waals surface area contributed by atoms with Gasteiger partial charge in [0.15, 0.2) is 11.5 Å². The summed E-state index contributed by atoms with van der Waals surface area (Å²) in [5, 5.41) is 5.77. The van der Waals surface area contributed by atoms with Gasteiger partial charge in [-0.3, -0.25) is 14.8 Å². The summed E-state index contributed by atoms with van der Waals surface area (Å²) in [5.41, 5.74) is 3.09. The van der Waals surface area contributed by atoms with E-state index in [0.717, 1.165) is 12.1 Å². The highest BCUT2D eigenvalue weighted by Crippen LogP contribution is 2.33. The summed E-state index contributed by atoms with van der Waals surface area (Å²) < 4.78 is 30.4. The van der Waals surface area contributed by atoms with E-state index >= 15 is 0 Å². The highest BCUT2D eigenvalue weighted by Gasteiger charge is 2.29. The smallest absolute Gasteiger partial charge is 0.257 e. The number of amides is 1. The maximum atomic E-state index is 14.5. The topological polar surface area (TPSA) is 84.2 Å². The van der Waals surface area contributed by atoms with Crippen LogP contribution in [0.15, 0.2) is 43.0 Å². The Labute approximate surface area is 176 Å². The third-order valence-corrected chi connectivity index (χ3v) is 5.59. The molecule has 5 rings (SSSR count). The molecule has 4 heterocycles. The molecule has 0 saturated carbocycles. The Balaban J connectivity index is 1.52. The number of aryl methyl sites for hydroxylation is 1. The first kappa shape index (κ1) is 19.5. The molecule has 1 amide bonds. The zero-order valence-electron chi connectivity index (χ0n) is 16.8. The molecule has 1 aliphatic heterocycles. The first-order valence-corrected chi connectivity index (χ1v) is 10.1. The molecule has 1 aliphatic rings. The maximum absolute atomic E-state index is 14.5. The number of pyridine rings is 1. The molecule has 2 N–H and O–H groups in total. The molecule has 3 aromatic heterocycles. The number of carbonyl (C=O) groups is 1. The van der Waals surface area contributed by atoms with Gasteiger partial charge in [0.05, 0.1) is 22.5 Å². The van der Waals surface area contributed by atoms with Crippen LogP contribution in [0, 0.1) is 12.7 Å². The number of halogens is 2. The molecule has 31 heavy (non-hydrogen) atoms. The average molecular weight is 422 g/mol. The number of carbonyl (C=O) groups excluding carboxylic acids is 1. The van der Waals surface area contributed by atoms with Crippen LogP contribution in [0.25, 0.3) is 16.7 Å². The molecule has 158 valence electrons. The van der Waals surface area contributed by atoms with E-state index in [1.54, 1.807) is 31.5 Å². The van der Waals surface area contributed by atoms with Crippen molar-refractivity contribution in [2.24, 2.45) is 0 Å². The number of anilines is 1. The molecule has 1 aromatic carbocycles. The number of imidazole rings is 1. The minimum absolute atomic E-state index is 0.193. The van der Waals surface area contributed by atoms with Crippen molar-refractivity contribution in [3.8, 4) is 0 Å². The van der Waals surface area contributed by atoms with Gasteiger partial charge in [-0.2, -0.15) is 0 Å². The lowest BCUT2D eigenvalue weighted by molar-refractivity contribution is 0.102. The van der Waals surface area contributed by atoms with Crippen molar-refractivity contribution in [1.82, 2.24) is 24.7 Å². The maximum Gasteiger partial charge on any atom is 0.257 e. The lowest BCUT2D eigenvalue weighted by Crippen LogP contribution is -2.36. The van der Waals surface area contributed by atoms with Crippen LogP contribution in [-0.2, 0) is 0 Å². The summed E-state index contributed by atoms with van der Waals surface area (Å²) >= 11 is 0. The third kappa shape index (κ3) is 3.50. The van der Waals surface area contributed by atoms with Crippen LogP contribution in [0.1, 0.15) is 34.0 Å². The minimum atomic E-state index is -1.04. The van der Waals surface area contributed by atoms with E-state index in [1.807, 2.05) is 0 Å². The van der Waals surface area contributed by atoms with Gasteiger partial charge in [-0.05, 0) is 31.5 Å². The van der Waals surface area contributed by atoms with Crippen molar-refractivity contribution in [3.05, 3.63) is 65.6 Å². The number of nitrogens with one attached hydrogen (secondary N) is 2. The van der Waals surface area contributed by atoms with Crippen molar-refractivity contribution < 1.29 is 13.6 Å². The lowest BCUT2D eigenvalue weighted by atomic mass is 9.87. The molecule has 7 nitrogen and oxygen atoms in total. The van der Waals surface area contributed by atoms with E-state index in [-0.39, 0.29) is 23.8 Å². The number of hydrogen-bond donors (Lipinski definition) is 2. The standard InChI is InChI=1S/C22H20F2N6O/c1-12-10-30-11-13(8-17(23)21(30)28-12)29-22(31)16-3-2-15(14-4-5-25-9-18(14)24)19-20(16)27-7-6-26-19/h2-3,6-8,10-11,14,18,25H,4-5,9H2,1H3,(H,29,31)/t14-,18-/m1/s1. The second-order valence-electron chi connectivity index (χ2n) is 7.72. The molecule has 9 heteroatoms. The molecule has 2 atom stereocenters. The van der Waals surface area contributed by atoms with E-state index in [2.05, 4.69) is 25.6 Å². The minimum Gasteiger partial charge on any atom is -0.320 e. The van der Waals surface area contributed by atoms with Gasteiger partial charge in [0.1, 0.15) is 11.7 Å². The van der Waals surface area contributed by atoms with E-state index in [9.17, 15) is 13.6 Å². The van der Waals surface area contributed by atoms with Gasteiger partial charge >= 0.3 is 0 Å². The van der Waals surface area contributed by atoms with Crippen molar-refractivity contribution in [3.63, 3.8) is 0 Å². The van der Waals surface area contributed by atoms with E-state index in [4.69, 9.17) is 0 Å². The Morgan fingerprint density at radius 3 is 2.84 bits per heavy atom. The Morgan fingerprint density at radius 1 is 1.23 bits per heavy atom. The van der Waals surface area contributed by atoms with Gasteiger partial charge in [-0.15, -0.1) is 0 Å². The van der Waals surface area contributed by atoms with Crippen LogP contribution >= 0.6 is 0 Å². The summed E-state index contributed by atoms with van der Waals surface area (Å²) in [7, 11) is 0. The third-order valence-electron chi connectivity index (χ3n) is 5.59. The molecule has 1 saturated heterocycles. The number of fused-ring (bicyclic) bond motifs is 2. The van der Waals surface area contributed by atoms with Crippen LogP contribution in [0.3, 0.4) is 0 Å². The van der Waals surface area contributed by atoms with E-state index in [0.29, 0.717) is 28.7 Å². The summed E-state index contributed by atoms with van der Waals surface area (Å²) in [4.78, 5) is 25.9. The normalized spacial score (nSPS) is 19.1. The van der Waals surface area contributed by atoms with Gasteiger partial charge < -0.3 is 15.0 Å². The van der Waals surface area contributed by atoms with E-state index < -0.39 is 17.9 Å². The molecular formula is C22H20F2N6O. The number of aromatic nitrogens is 4. The van der Waals surface area contributed by atoms with Crippen molar-refractivity contribution in [1.29, 1.82) is 0 Å². The highest BCUT2D eigenvalue weighted by atomic mass is 19.1. The second-order valence-corrected chi connectivity index (χ2v) is 7.72. The fourth-order valence-corrected chi connectivity index (χ4v) is 4.18. The predicted octanol–water partition coefficient (Wildman–Crippen LogP) is 3.39. The van der Waals surface area contributed by atoms with Crippen molar-refractivity contribution in [2.45, 2.75) is 25.4 Å². The number of nitrogens with zero attached hydrogens (tertiary/aromatic N) is 4. The van der Waals surface area contributed by atoms with Crippen LogP contribution in [0.2, 0.25) is 0 Å². The number of alkyl halides is 1. The monoisotopic (exact) mass is 422 g/mol. The first-order chi connectivity index (χ1) is 15.0. The number of benzene rings is 1. The summed E-state index contributed by atoms with van der Waals surface area (Å²) in [6.45, 7) is 2.77. The summed E-state index contributed by atoms with van der Waals surface area (Å²) in [5.74, 6) is -1.29. The molecule has 0 spiro atoms.